The van der Waals surface area contributed by atoms with Gasteiger partial charge in [-0.05, 0) is 16.3 Å². The summed E-state index contributed by atoms with van der Waals surface area (Å²) in [6, 6.07) is 10.6. The number of aldehydes is 1. The summed E-state index contributed by atoms with van der Waals surface area (Å²) in [6.45, 7) is 0. The molecule has 0 spiro atoms. The second kappa shape index (κ2) is 3.82. The summed E-state index contributed by atoms with van der Waals surface area (Å²) in [6.07, 6.45) is 0.794. The van der Waals surface area contributed by atoms with Gasteiger partial charge in [-0.3, -0.25) is 4.79 Å². The number of carbonyl (C=O) groups is 1. The smallest absolute Gasteiger partial charge is 0.150 e. The van der Waals surface area contributed by atoms with Crippen molar-refractivity contribution in [1.82, 2.24) is 0 Å². The molecule has 0 radical (unpaired) electrons. The summed E-state index contributed by atoms with van der Waals surface area (Å²) in [5.74, 6) is 0. The number of carbonyl (C=O) groups excluding carboxylic acids is 1. The van der Waals surface area contributed by atoms with E-state index >= 15 is 0 Å². The standard InChI is InChI=1S/C11H7N3O/c12-14-13-11-6-2-4-9-8(7-15)3-1-5-10(9)11/h1-7H. The van der Waals surface area contributed by atoms with Crippen molar-refractivity contribution in [2.75, 3.05) is 0 Å². The molecule has 4 heteroatoms. The van der Waals surface area contributed by atoms with E-state index < -0.39 is 0 Å². The maximum absolute atomic E-state index is 10.8. The van der Waals surface area contributed by atoms with Crippen LogP contribution >= 0.6 is 0 Å². The Labute approximate surface area is 85.8 Å². The molecule has 0 saturated heterocycles. The van der Waals surface area contributed by atoms with Crippen molar-refractivity contribution in [2.45, 2.75) is 0 Å². The molecule has 0 atom stereocenters. The predicted octanol–water partition coefficient (Wildman–Crippen LogP) is 3.59. The van der Waals surface area contributed by atoms with Gasteiger partial charge in [0.2, 0.25) is 0 Å². The van der Waals surface area contributed by atoms with Crippen LogP contribution in [-0.2, 0) is 0 Å². The molecule has 0 N–H and O–H groups in total. The lowest BCUT2D eigenvalue weighted by atomic mass is 10.0. The molecular weight excluding hydrogens is 190 g/mol. The number of hydrogen-bond donors (Lipinski definition) is 0. The van der Waals surface area contributed by atoms with Gasteiger partial charge >= 0.3 is 0 Å². The Morgan fingerprint density at radius 2 is 1.87 bits per heavy atom. The van der Waals surface area contributed by atoms with Gasteiger partial charge in [-0.15, -0.1) is 0 Å². The molecule has 0 bridgehead atoms. The zero-order valence-electron chi connectivity index (χ0n) is 7.79. The van der Waals surface area contributed by atoms with Crippen molar-refractivity contribution in [3.8, 4) is 0 Å². The van der Waals surface area contributed by atoms with Crippen LogP contribution in [0.2, 0.25) is 0 Å². The van der Waals surface area contributed by atoms with Crippen molar-refractivity contribution in [3.05, 3.63) is 52.4 Å². The van der Waals surface area contributed by atoms with Crippen LogP contribution in [0.1, 0.15) is 10.4 Å². The Morgan fingerprint density at radius 3 is 2.60 bits per heavy atom. The molecular formula is C11H7N3O. The lowest BCUT2D eigenvalue weighted by Gasteiger charge is -2.02. The van der Waals surface area contributed by atoms with E-state index in [1.165, 1.54) is 0 Å². The molecule has 2 rings (SSSR count). The molecule has 4 nitrogen and oxygen atoms in total. The Kier molecular flexibility index (Phi) is 2.35. The van der Waals surface area contributed by atoms with E-state index in [0.717, 1.165) is 17.1 Å². The summed E-state index contributed by atoms with van der Waals surface area (Å²) in [4.78, 5) is 13.5. The van der Waals surface area contributed by atoms with Gasteiger partial charge < -0.3 is 0 Å². The third kappa shape index (κ3) is 1.54. The zero-order valence-corrected chi connectivity index (χ0v) is 7.79. The Balaban J connectivity index is 2.87. The minimum atomic E-state index is 0.540. The molecule has 0 aromatic heterocycles. The number of azide groups is 1. The normalized spacial score (nSPS) is 9.60. The first kappa shape index (κ1) is 9.24. The number of hydrogen-bond acceptors (Lipinski definition) is 2. The highest BCUT2D eigenvalue weighted by Gasteiger charge is 2.02. The maximum atomic E-state index is 10.8. The van der Waals surface area contributed by atoms with E-state index in [4.69, 9.17) is 5.53 Å². The molecule has 15 heavy (non-hydrogen) atoms. The van der Waals surface area contributed by atoms with E-state index in [9.17, 15) is 4.79 Å². The van der Waals surface area contributed by atoms with Gasteiger partial charge in [-0.25, -0.2) is 0 Å². The summed E-state index contributed by atoms with van der Waals surface area (Å²) in [5, 5.41) is 5.17. The number of nitrogens with zero attached hydrogens (tertiary/aromatic N) is 3. The predicted molar refractivity (Wildman–Crippen MR) is 58.1 cm³/mol. The summed E-state index contributed by atoms with van der Waals surface area (Å²) in [7, 11) is 0. The monoisotopic (exact) mass is 197 g/mol. The Bertz CT molecular complexity index is 571. The third-order valence-corrected chi connectivity index (χ3v) is 2.21. The maximum Gasteiger partial charge on any atom is 0.150 e. The zero-order chi connectivity index (χ0) is 10.7. The lowest BCUT2D eigenvalue weighted by molar-refractivity contribution is 0.112. The van der Waals surface area contributed by atoms with Crippen LogP contribution in [0, 0.1) is 0 Å². The molecule has 0 aliphatic carbocycles. The highest BCUT2D eigenvalue weighted by molar-refractivity contribution is 6.02. The second-order valence-electron chi connectivity index (χ2n) is 3.03. The lowest BCUT2D eigenvalue weighted by Crippen LogP contribution is -1.82. The highest BCUT2D eigenvalue weighted by atomic mass is 16.1. The van der Waals surface area contributed by atoms with Gasteiger partial charge in [0.25, 0.3) is 0 Å². The van der Waals surface area contributed by atoms with Crippen LogP contribution in [0.15, 0.2) is 41.5 Å². The minimum Gasteiger partial charge on any atom is -0.298 e. The van der Waals surface area contributed by atoms with E-state index in [0.29, 0.717) is 11.3 Å². The van der Waals surface area contributed by atoms with Crippen molar-refractivity contribution < 1.29 is 4.79 Å². The summed E-state index contributed by atoms with van der Waals surface area (Å²) < 4.78 is 0. The van der Waals surface area contributed by atoms with E-state index in [-0.39, 0.29) is 0 Å². The van der Waals surface area contributed by atoms with Crippen LogP contribution in [-0.4, -0.2) is 6.29 Å². The van der Waals surface area contributed by atoms with Crippen molar-refractivity contribution in [3.63, 3.8) is 0 Å². The number of rotatable bonds is 2. The Morgan fingerprint density at radius 1 is 1.13 bits per heavy atom. The second-order valence-corrected chi connectivity index (χ2v) is 3.03. The van der Waals surface area contributed by atoms with Crippen molar-refractivity contribution >= 4 is 22.7 Å². The van der Waals surface area contributed by atoms with Crippen LogP contribution in [0.3, 0.4) is 0 Å². The third-order valence-electron chi connectivity index (χ3n) is 2.21. The SMILES string of the molecule is [N-]=[N+]=Nc1cccc2c(C=O)cccc12. The van der Waals surface area contributed by atoms with E-state index in [1.54, 1.807) is 24.3 Å². The minimum absolute atomic E-state index is 0.540. The average Bonchev–Trinajstić information content (AvgIpc) is 2.29. The molecule has 2 aromatic rings. The van der Waals surface area contributed by atoms with Crippen LogP contribution in [0.25, 0.3) is 21.2 Å². The van der Waals surface area contributed by atoms with E-state index in [2.05, 4.69) is 10.0 Å². The Hall–Kier alpha value is -2.32. The molecule has 0 amide bonds. The summed E-state index contributed by atoms with van der Waals surface area (Å²) in [5.41, 5.74) is 9.53. The molecule has 0 fully saturated rings. The van der Waals surface area contributed by atoms with Gasteiger partial charge in [0.15, 0.2) is 6.29 Å². The quantitative estimate of drug-likeness (QED) is 0.314. The molecule has 0 unspecified atom stereocenters. The molecule has 72 valence electrons. The molecule has 0 aliphatic heterocycles. The number of fused-ring (bicyclic) bond motifs is 1. The van der Waals surface area contributed by atoms with E-state index in [1.807, 2.05) is 12.1 Å². The van der Waals surface area contributed by atoms with Gasteiger partial charge in [0.1, 0.15) is 0 Å². The van der Waals surface area contributed by atoms with Crippen molar-refractivity contribution in [1.29, 1.82) is 0 Å². The average molecular weight is 197 g/mol. The van der Waals surface area contributed by atoms with Gasteiger partial charge in [-0.2, -0.15) is 0 Å². The first-order chi connectivity index (χ1) is 7.36. The molecule has 0 aliphatic rings. The summed E-state index contributed by atoms with van der Waals surface area (Å²) >= 11 is 0. The molecule has 0 saturated carbocycles. The fourth-order valence-corrected chi connectivity index (χ4v) is 1.56. The molecule has 0 heterocycles. The van der Waals surface area contributed by atoms with Crippen LogP contribution in [0.5, 0.6) is 0 Å². The fraction of sp³-hybridized carbons (Fsp3) is 0. The van der Waals surface area contributed by atoms with Crippen LogP contribution in [0.4, 0.5) is 5.69 Å². The topological polar surface area (TPSA) is 65.8 Å². The van der Waals surface area contributed by atoms with Gasteiger partial charge in [0, 0.05) is 16.2 Å². The van der Waals surface area contributed by atoms with Crippen LogP contribution < -0.4 is 0 Å². The fourth-order valence-electron chi connectivity index (χ4n) is 1.56. The first-order valence-electron chi connectivity index (χ1n) is 4.39. The van der Waals surface area contributed by atoms with Gasteiger partial charge in [0.05, 0.1) is 0 Å². The highest BCUT2D eigenvalue weighted by Crippen LogP contribution is 2.27. The molecule has 2 aromatic carbocycles. The number of benzene rings is 2. The first-order valence-corrected chi connectivity index (χ1v) is 4.39. The van der Waals surface area contributed by atoms with Crippen molar-refractivity contribution in [2.24, 2.45) is 5.11 Å². The largest absolute Gasteiger partial charge is 0.298 e. The van der Waals surface area contributed by atoms with Gasteiger partial charge in [-0.1, -0.05) is 41.5 Å².